The maximum atomic E-state index is 13.6. The van der Waals surface area contributed by atoms with Crippen LogP contribution in [-0.4, -0.2) is 43.5 Å². The molecule has 160 valence electrons. The highest BCUT2D eigenvalue weighted by Crippen LogP contribution is 2.51. The summed E-state index contributed by atoms with van der Waals surface area (Å²) in [6.07, 6.45) is 1.39. The van der Waals surface area contributed by atoms with Crippen molar-refractivity contribution in [3.8, 4) is 0 Å². The van der Waals surface area contributed by atoms with Crippen LogP contribution in [0, 0.1) is 11.8 Å². The van der Waals surface area contributed by atoms with Gasteiger partial charge in [-0.15, -0.1) is 11.3 Å². The van der Waals surface area contributed by atoms with Crippen molar-refractivity contribution in [1.82, 2.24) is 9.88 Å². The van der Waals surface area contributed by atoms with E-state index in [2.05, 4.69) is 4.98 Å². The average molecular weight is 471 g/mol. The lowest BCUT2D eigenvalue weighted by molar-refractivity contribution is -0.150. The lowest BCUT2D eigenvalue weighted by Gasteiger charge is -2.38. The maximum Gasteiger partial charge on any atom is 0.329 e. The molecule has 2 N–H and O–H groups in total. The summed E-state index contributed by atoms with van der Waals surface area (Å²) in [5, 5.41) is 22.6. The Bertz CT molecular complexity index is 982. The van der Waals surface area contributed by atoms with Gasteiger partial charge >= 0.3 is 11.9 Å². The van der Waals surface area contributed by atoms with Gasteiger partial charge < -0.3 is 15.1 Å². The number of aliphatic carboxylic acids is 2. The third kappa shape index (κ3) is 3.91. The SMILES string of the molecule is CC(C)CC1(C(=O)O)CC(C(=O)O)C(c2nccs2)N1C(=O)c1ccc(Cl)c(Cl)c1. The van der Waals surface area contributed by atoms with Gasteiger partial charge in [-0.3, -0.25) is 9.59 Å². The number of thiazole rings is 1. The number of hydrogen-bond donors (Lipinski definition) is 2. The van der Waals surface area contributed by atoms with Gasteiger partial charge in [0.25, 0.3) is 5.91 Å². The zero-order valence-corrected chi connectivity index (χ0v) is 18.5. The average Bonchev–Trinajstić information content (AvgIpc) is 3.29. The van der Waals surface area contributed by atoms with Crippen LogP contribution in [-0.2, 0) is 9.59 Å². The molecule has 30 heavy (non-hydrogen) atoms. The number of rotatable bonds is 6. The zero-order chi connectivity index (χ0) is 22.2. The van der Waals surface area contributed by atoms with Crippen LogP contribution in [0.4, 0.5) is 0 Å². The summed E-state index contributed by atoms with van der Waals surface area (Å²) >= 11 is 13.2. The first kappa shape index (κ1) is 22.5. The second kappa shape index (κ2) is 8.53. The van der Waals surface area contributed by atoms with E-state index >= 15 is 0 Å². The van der Waals surface area contributed by atoms with E-state index in [1.807, 2.05) is 13.8 Å². The highest BCUT2D eigenvalue weighted by Gasteiger charge is 2.61. The molecule has 0 radical (unpaired) electrons. The Morgan fingerprint density at radius 2 is 1.97 bits per heavy atom. The Balaban J connectivity index is 2.23. The standard InChI is InChI=1S/C20H20Cl2N2O5S/c1-10(2)8-20(19(28)29)9-12(18(26)27)15(16-23-5-6-30-16)24(20)17(25)11-3-4-13(21)14(22)7-11/h3-7,10,12,15H,8-9H2,1-2H3,(H,26,27)(H,28,29). The van der Waals surface area contributed by atoms with Gasteiger partial charge in [0.1, 0.15) is 10.5 Å². The Morgan fingerprint density at radius 3 is 2.47 bits per heavy atom. The summed E-state index contributed by atoms with van der Waals surface area (Å²) in [5.74, 6) is -4.25. The molecule has 1 aromatic heterocycles. The van der Waals surface area contributed by atoms with Gasteiger partial charge in [0.05, 0.1) is 22.0 Å². The molecule has 1 amide bonds. The first-order chi connectivity index (χ1) is 14.1. The van der Waals surface area contributed by atoms with Crippen LogP contribution < -0.4 is 0 Å². The molecule has 2 heterocycles. The normalized spacial score (nSPS) is 23.7. The van der Waals surface area contributed by atoms with Crippen molar-refractivity contribution in [2.75, 3.05) is 0 Å². The topological polar surface area (TPSA) is 108 Å². The van der Waals surface area contributed by atoms with Crippen molar-refractivity contribution in [2.24, 2.45) is 11.8 Å². The van der Waals surface area contributed by atoms with Crippen molar-refractivity contribution in [2.45, 2.75) is 38.3 Å². The molecular weight excluding hydrogens is 451 g/mol. The van der Waals surface area contributed by atoms with Crippen molar-refractivity contribution >= 4 is 52.4 Å². The second-order valence-electron chi connectivity index (χ2n) is 7.70. The van der Waals surface area contributed by atoms with E-state index in [0.29, 0.717) is 5.01 Å². The van der Waals surface area contributed by atoms with Gasteiger partial charge in [0.15, 0.2) is 0 Å². The van der Waals surface area contributed by atoms with E-state index in [0.717, 1.165) is 0 Å². The molecule has 0 aliphatic carbocycles. The minimum absolute atomic E-state index is 0.0983. The zero-order valence-electron chi connectivity index (χ0n) is 16.2. The van der Waals surface area contributed by atoms with Crippen molar-refractivity contribution in [3.05, 3.63) is 50.4 Å². The minimum atomic E-state index is -1.70. The van der Waals surface area contributed by atoms with Crippen LogP contribution in [0.3, 0.4) is 0 Å². The number of nitrogens with zero attached hydrogens (tertiary/aromatic N) is 2. The summed E-state index contributed by atoms with van der Waals surface area (Å²) in [7, 11) is 0. The van der Waals surface area contributed by atoms with Crippen molar-refractivity contribution < 1.29 is 24.6 Å². The summed E-state index contributed by atoms with van der Waals surface area (Å²) in [4.78, 5) is 43.7. The fourth-order valence-electron chi connectivity index (χ4n) is 4.13. The van der Waals surface area contributed by atoms with Crippen LogP contribution in [0.15, 0.2) is 29.8 Å². The minimum Gasteiger partial charge on any atom is -0.481 e. The lowest BCUT2D eigenvalue weighted by Crippen LogP contribution is -2.54. The first-order valence-electron chi connectivity index (χ1n) is 9.22. The number of carboxylic acid groups (broad SMARTS) is 2. The number of hydrogen-bond acceptors (Lipinski definition) is 5. The largest absolute Gasteiger partial charge is 0.481 e. The molecule has 1 saturated heterocycles. The molecule has 0 bridgehead atoms. The quantitative estimate of drug-likeness (QED) is 0.637. The second-order valence-corrected chi connectivity index (χ2v) is 9.44. The fraction of sp³-hybridized carbons (Fsp3) is 0.400. The number of benzene rings is 1. The van der Waals surface area contributed by atoms with Crippen LogP contribution in [0.5, 0.6) is 0 Å². The molecule has 1 aliphatic heterocycles. The van der Waals surface area contributed by atoms with Crippen LogP contribution >= 0.6 is 34.5 Å². The highest BCUT2D eigenvalue weighted by molar-refractivity contribution is 7.09. The number of carbonyl (C=O) groups excluding carboxylic acids is 1. The third-order valence-electron chi connectivity index (χ3n) is 5.23. The maximum absolute atomic E-state index is 13.6. The van der Waals surface area contributed by atoms with Crippen LogP contribution in [0.2, 0.25) is 10.0 Å². The molecule has 1 aliphatic rings. The first-order valence-corrected chi connectivity index (χ1v) is 10.9. The molecular formula is C20H20Cl2N2O5S. The third-order valence-corrected chi connectivity index (χ3v) is 6.81. The Hall–Kier alpha value is -2.16. The molecule has 1 fully saturated rings. The molecule has 1 aromatic carbocycles. The van der Waals surface area contributed by atoms with E-state index in [9.17, 15) is 24.6 Å². The van der Waals surface area contributed by atoms with E-state index < -0.39 is 35.3 Å². The van der Waals surface area contributed by atoms with Gasteiger partial charge in [-0.25, -0.2) is 9.78 Å². The summed E-state index contributed by atoms with van der Waals surface area (Å²) < 4.78 is 0. The number of likely N-dealkylation sites (tertiary alicyclic amines) is 1. The summed E-state index contributed by atoms with van der Waals surface area (Å²) in [5.41, 5.74) is -1.57. The molecule has 3 unspecified atom stereocenters. The van der Waals surface area contributed by atoms with E-state index in [4.69, 9.17) is 23.2 Å². The molecule has 0 spiro atoms. The van der Waals surface area contributed by atoms with E-state index in [1.54, 1.807) is 5.38 Å². The summed E-state index contributed by atoms with van der Waals surface area (Å²) in [6.45, 7) is 3.66. The van der Waals surface area contributed by atoms with Gasteiger partial charge in [0.2, 0.25) is 0 Å². The predicted molar refractivity (Wildman–Crippen MR) is 113 cm³/mol. The van der Waals surface area contributed by atoms with Gasteiger partial charge in [-0.2, -0.15) is 0 Å². The number of halogens is 2. The van der Waals surface area contributed by atoms with Gasteiger partial charge in [-0.05, 0) is 37.0 Å². The number of amides is 1. The highest BCUT2D eigenvalue weighted by atomic mass is 35.5. The summed E-state index contributed by atoms with van der Waals surface area (Å²) in [6, 6.07) is 3.25. The number of aromatic nitrogens is 1. The number of carboxylic acids is 2. The molecule has 7 nitrogen and oxygen atoms in total. The van der Waals surface area contributed by atoms with Gasteiger partial charge in [-0.1, -0.05) is 37.0 Å². The smallest absolute Gasteiger partial charge is 0.329 e. The predicted octanol–water partition coefficient (Wildman–Crippen LogP) is 4.61. The monoisotopic (exact) mass is 470 g/mol. The number of carbonyl (C=O) groups is 3. The Labute approximate surface area is 187 Å². The molecule has 2 aromatic rings. The lowest BCUT2D eigenvalue weighted by atomic mass is 9.83. The van der Waals surface area contributed by atoms with Crippen molar-refractivity contribution in [3.63, 3.8) is 0 Å². The Kier molecular flexibility index (Phi) is 6.40. The van der Waals surface area contributed by atoms with Crippen LogP contribution in [0.25, 0.3) is 0 Å². The Morgan fingerprint density at radius 1 is 1.27 bits per heavy atom. The van der Waals surface area contributed by atoms with Crippen molar-refractivity contribution in [1.29, 1.82) is 0 Å². The molecule has 3 rings (SSSR count). The van der Waals surface area contributed by atoms with E-state index in [-0.39, 0.29) is 34.4 Å². The molecule has 3 atom stereocenters. The molecule has 0 saturated carbocycles. The van der Waals surface area contributed by atoms with Crippen LogP contribution in [0.1, 0.15) is 48.1 Å². The van der Waals surface area contributed by atoms with Gasteiger partial charge in [0, 0.05) is 17.1 Å². The fourth-order valence-corrected chi connectivity index (χ4v) is 5.22. The van der Waals surface area contributed by atoms with E-state index in [1.165, 1.54) is 40.6 Å². The molecule has 10 heteroatoms.